The number of ether oxygens (including phenoxy) is 1. The van der Waals surface area contributed by atoms with E-state index in [-0.39, 0.29) is 16.6 Å². The number of amides is 1. The van der Waals surface area contributed by atoms with E-state index in [1.807, 2.05) is 24.3 Å². The lowest BCUT2D eigenvalue weighted by molar-refractivity contribution is -0.385. The molecule has 9 heteroatoms. The SMILES string of the molecule is Cc1ccc(OCC(=O)N/N=C/c2cc3ccccc3nc2Cl)c([N+](=O)[O-])c1. The summed E-state index contributed by atoms with van der Waals surface area (Å²) in [6, 6.07) is 13.7. The van der Waals surface area contributed by atoms with Gasteiger partial charge in [0.2, 0.25) is 0 Å². The smallest absolute Gasteiger partial charge is 0.311 e. The van der Waals surface area contributed by atoms with Crippen molar-refractivity contribution in [3.8, 4) is 5.75 Å². The second kappa shape index (κ2) is 8.45. The van der Waals surface area contributed by atoms with E-state index in [1.165, 1.54) is 18.3 Å². The maximum atomic E-state index is 11.9. The zero-order valence-electron chi connectivity index (χ0n) is 14.8. The predicted molar refractivity (Wildman–Crippen MR) is 106 cm³/mol. The van der Waals surface area contributed by atoms with E-state index in [4.69, 9.17) is 16.3 Å². The average molecular weight is 399 g/mol. The maximum absolute atomic E-state index is 11.9. The van der Waals surface area contributed by atoms with E-state index < -0.39 is 17.4 Å². The van der Waals surface area contributed by atoms with Crippen LogP contribution >= 0.6 is 11.6 Å². The number of carbonyl (C=O) groups excluding carboxylic acids is 1. The van der Waals surface area contributed by atoms with Gasteiger partial charge >= 0.3 is 5.69 Å². The first kappa shape index (κ1) is 19.2. The molecule has 0 unspecified atom stereocenters. The van der Waals surface area contributed by atoms with Gasteiger partial charge in [-0.2, -0.15) is 5.10 Å². The molecular weight excluding hydrogens is 384 g/mol. The van der Waals surface area contributed by atoms with Crippen LogP contribution in [0.2, 0.25) is 5.15 Å². The molecule has 1 heterocycles. The molecule has 0 saturated carbocycles. The number of nitro benzene ring substituents is 1. The van der Waals surface area contributed by atoms with Crippen LogP contribution in [-0.2, 0) is 4.79 Å². The standard InChI is InChI=1S/C19H15ClN4O4/c1-12-6-7-17(16(8-12)24(26)27)28-11-18(25)23-21-10-14-9-13-4-2-3-5-15(13)22-19(14)20/h2-10H,11H2,1H3,(H,23,25)/b21-10+. The number of nitro groups is 1. The summed E-state index contributed by atoms with van der Waals surface area (Å²) in [6.45, 7) is 1.30. The molecule has 0 fully saturated rings. The van der Waals surface area contributed by atoms with E-state index in [2.05, 4.69) is 15.5 Å². The van der Waals surface area contributed by atoms with Gasteiger partial charge in [-0.05, 0) is 30.7 Å². The molecule has 28 heavy (non-hydrogen) atoms. The molecule has 0 bridgehead atoms. The van der Waals surface area contributed by atoms with Crippen LogP contribution in [0.15, 0.2) is 53.6 Å². The number of carbonyl (C=O) groups is 1. The number of benzene rings is 2. The Labute approximate surface area is 164 Å². The van der Waals surface area contributed by atoms with Crippen molar-refractivity contribution >= 4 is 40.3 Å². The third kappa shape index (κ3) is 4.60. The van der Waals surface area contributed by atoms with Crippen LogP contribution in [0.1, 0.15) is 11.1 Å². The molecule has 0 aliphatic carbocycles. The quantitative estimate of drug-likeness (QED) is 0.295. The Kier molecular flexibility index (Phi) is 5.81. The molecule has 0 spiro atoms. The van der Waals surface area contributed by atoms with Crippen molar-refractivity contribution in [3.63, 3.8) is 0 Å². The van der Waals surface area contributed by atoms with Gasteiger partial charge in [-0.15, -0.1) is 0 Å². The number of pyridine rings is 1. The van der Waals surface area contributed by atoms with Gasteiger partial charge < -0.3 is 4.74 Å². The van der Waals surface area contributed by atoms with Crippen LogP contribution in [0.3, 0.4) is 0 Å². The Balaban J connectivity index is 1.62. The third-order valence-corrected chi connectivity index (χ3v) is 4.07. The van der Waals surface area contributed by atoms with Gasteiger partial charge in [0.1, 0.15) is 5.15 Å². The number of hydrogen-bond donors (Lipinski definition) is 1. The monoisotopic (exact) mass is 398 g/mol. The van der Waals surface area contributed by atoms with E-state index in [0.29, 0.717) is 11.1 Å². The topological polar surface area (TPSA) is 107 Å². The molecule has 1 N–H and O–H groups in total. The minimum atomic E-state index is -0.573. The predicted octanol–water partition coefficient (Wildman–Crippen LogP) is 3.63. The van der Waals surface area contributed by atoms with Crippen molar-refractivity contribution in [3.05, 3.63) is 74.9 Å². The number of rotatable bonds is 6. The molecule has 1 amide bonds. The van der Waals surface area contributed by atoms with Gasteiger partial charge in [-0.3, -0.25) is 14.9 Å². The number of aryl methyl sites for hydroxylation is 1. The molecular formula is C19H15ClN4O4. The van der Waals surface area contributed by atoms with E-state index >= 15 is 0 Å². The zero-order chi connectivity index (χ0) is 20.1. The molecule has 0 radical (unpaired) electrons. The summed E-state index contributed by atoms with van der Waals surface area (Å²) in [4.78, 5) is 26.6. The van der Waals surface area contributed by atoms with Crippen molar-refractivity contribution in [2.24, 2.45) is 5.10 Å². The number of nitrogens with one attached hydrogen (secondary N) is 1. The molecule has 2 aromatic carbocycles. The first-order valence-electron chi connectivity index (χ1n) is 8.19. The Morgan fingerprint density at radius 1 is 1.32 bits per heavy atom. The summed E-state index contributed by atoms with van der Waals surface area (Å²) in [6.07, 6.45) is 1.37. The van der Waals surface area contributed by atoms with Gasteiger partial charge in [0, 0.05) is 17.0 Å². The normalized spacial score (nSPS) is 10.9. The van der Waals surface area contributed by atoms with Crippen molar-refractivity contribution < 1.29 is 14.5 Å². The highest BCUT2D eigenvalue weighted by molar-refractivity contribution is 6.32. The zero-order valence-corrected chi connectivity index (χ0v) is 15.5. The lowest BCUT2D eigenvalue weighted by Gasteiger charge is -2.06. The molecule has 0 aliphatic rings. The van der Waals surface area contributed by atoms with E-state index in [0.717, 1.165) is 10.9 Å². The number of hydrogen-bond acceptors (Lipinski definition) is 6. The first-order chi connectivity index (χ1) is 13.4. The Morgan fingerprint density at radius 2 is 2.11 bits per heavy atom. The Hall–Kier alpha value is -3.52. The summed E-state index contributed by atoms with van der Waals surface area (Å²) in [5, 5.41) is 16.0. The molecule has 8 nitrogen and oxygen atoms in total. The van der Waals surface area contributed by atoms with Crippen LogP contribution in [0, 0.1) is 17.0 Å². The number of nitrogens with zero attached hydrogens (tertiary/aromatic N) is 3. The van der Waals surface area contributed by atoms with Gasteiger partial charge in [0.05, 0.1) is 16.7 Å². The molecule has 0 aliphatic heterocycles. The third-order valence-electron chi connectivity index (χ3n) is 3.77. The molecule has 1 aromatic heterocycles. The van der Waals surface area contributed by atoms with Gasteiger partial charge in [-0.25, -0.2) is 10.4 Å². The van der Waals surface area contributed by atoms with Crippen LogP contribution < -0.4 is 10.2 Å². The molecule has 142 valence electrons. The fourth-order valence-corrected chi connectivity index (χ4v) is 2.64. The first-order valence-corrected chi connectivity index (χ1v) is 8.57. The van der Waals surface area contributed by atoms with Gasteiger partial charge in [0.25, 0.3) is 5.91 Å². The number of fused-ring (bicyclic) bond motifs is 1. The summed E-state index contributed by atoms with van der Waals surface area (Å²) in [7, 11) is 0. The van der Waals surface area contributed by atoms with Gasteiger partial charge in [-0.1, -0.05) is 35.9 Å². The highest BCUT2D eigenvalue weighted by Crippen LogP contribution is 2.27. The average Bonchev–Trinajstić information content (AvgIpc) is 2.67. The summed E-state index contributed by atoms with van der Waals surface area (Å²) >= 11 is 6.12. The van der Waals surface area contributed by atoms with E-state index in [1.54, 1.807) is 19.1 Å². The van der Waals surface area contributed by atoms with Crippen molar-refractivity contribution in [2.75, 3.05) is 6.61 Å². The molecule has 0 saturated heterocycles. The summed E-state index contributed by atoms with van der Waals surface area (Å²) in [5.41, 5.74) is 4.09. The second-order valence-electron chi connectivity index (χ2n) is 5.87. The van der Waals surface area contributed by atoms with Crippen molar-refractivity contribution in [2.45, 2.75) is 6.92 Å². The van der Waals surface area contributed by atoms with E-state index in [9.17, 15) is 14.9 Å². The van der Waals surface area contributed by atoms with Crippen LogP contribution in [0.5, 0.6) is 5.75 Å². The van der Waals surface area contributed by atoms with Crippen molar-refractivity contribution in [1.29, 1.82) is 0 Å². The molecule has 3 aromatic rings. The fraction of sp³-hybridized carbons (Fsp3) is 0.105. The van der Waals surface area contributed by atoms with Crippen LogP contribution in [0.25, 0.3) is 10.9 Å². The largest absolute Gasteiger partial charge is 0.477 e. The van der Waals surface area contributed by atoms with Crippen molar-refractivity contribution in [1.82, 2.24) is 10.4 Å². The Morgan fingerprint density at radius 3 is 2.89 bits per heavy atom. The highest BCUT2D eigenvalue weighted by atomic mass is 35.5. The highest BCUT2D eigenvalue weighted by Gasteiger charge is 2.16. The minimum absolute atomic E-state index is 0.0107. The van der Waals surface area contributed by atoms with Crippen LogP contribution in [0.4, 0.5) is 5.69 Å². The number of halogens is 1. The summed E-state index contributed by atoms with van der Waals surface area (Å²) in [5.74, 6) is -0.563. The molecule has 0 atom stereocenters. The second-order valence-corrected chi connectivity index (χ2v) is 6.23. The number of para-hydroxylation sites is 1. The van der Waals surface area contributed by atoms with Gasteiger partial charge in [0.15, 0.2) is 12.4 Å². The summed E-state index contributed by atoms with van der Waals surface area (Å²) < 4.78 is 5.23. The lowest BCUT2D eigenvalue weighted by atomic mass is 10.2. The maximum Gasteiger partial charge on any atom is 0.311 e. The fourth-order valence-electron chi connectivity index (χ4n) is 2.44. The van der Waals surface area contributed by atoms with Crippen LogP contribution in [-0.4, -0.2) is 28.6 Å². The Bertz CT molecular complexity index is 1080. The number of aromatic nitrogens is 1. The lowest BCUT2D eigenvalue weighted by Crippen LogP contribution is -2.24. The number of hydrazone groups is 1. The minimum Gasteiger partial charge on any atom is -0.477 e. The molecule has 3 rings (SSSR count).